The number of nitrogen functional groups attached to an aromatic ring is 1. The number of esters is 1. The molecule has 6 rings (SSSR count). The normalized spacial score (nSPS) is 15.9. The van der Waals surface area contributed by atoms with Crippen molar-refractivity contribution < 1.29 is 19.0 Å². The van der Waals surface area contributed by atoms with Gasteiger partial charge in [-0.2, -0.15) is 0 Å². The zero-order valence-electron chi connectivity index (χ0n) is 18.1. The quantitative estimate of drug-likeness (QED) is 0.465. The molecule has 0 unspecified atom stereocenters. The number of carbonyl (C=O) groups is 1. The third-order valence-corrected chi connectivity index (χ3v) is 6.40. The van der Waals surface area contributed by atoms with Gasteiger partial charge in [0.25, 0.3) is 0 Å². The van der Waals surface area contributed by atoms with Gasteiger partial charge in [-0.3, -0.25) is 0 Å². The second-order valence-electron chi connectivity index (χ2n) is 8.58. The highest BCUT2D eigenvalue weighted by Gasteiger charge is 2.28. The first-order valence-corrected chi connectivity index (χ1v) is 11.3. The van der Waals surface area contributed by atoms with E-state index in [9.17, 15) is 4.79 Å². The van der Waals surface area contributed by atoms with E-state index in [1.165, 1.54) is 6.42 Å². The van der Waals surface area contributed by atoms with Gasteiger partial charge in [-0.05, 0) is 55.5 Å². The molecule has 1 aliphatic carbocycles. The van der Waals surface area contributed by atoms with E-state index in [0.29, 0.717) is 40.5 Å². The van der Waals surface area contributed by atoms with E-state index in [4.69, 9.17) is 29.9 Å². The minimum atomic E-state index is -0.432. The van der Waals surface area contributed by atoms with Crippen LogP contribution in [0.5, 0.6) is 11.5 Å². The van der Waals surface area contributed by atoms with Crippen LogP contribution in [-0.4, -0.2) is 33.4 Å². The van der Waals surface area contributed by atoms with Crippen LogP contribution in [0.15, 0.2) is 42.5 Å². The molecule has 0 saturated heterocycles. The van der Waals surface area contributed by atoms with E-state index < -0.39 is 5.97 Å². The van der Waals surface area contributed by atoms with Gasteiger partial charge in [0.1, 0.15) is 23.0 Å². The van der Waals surface area contributed by atoms with Gasteiger partial charge in [0.2, 0.25) is 6.79 Å². The van der Waals surface area contributed by atoms with Crippen molar-refractivity contribution in [2.75, 3.05) is 12.5 Å². The zero-order chi connectivity index (χ0) is 22.4. The van der Waals surface area contributed by atoms with Crippen LogP contribution in [0.1, 0.15) is 48.0 Å². The number of nitrogens with two attached hydrogens (primary N) is 1. The number of para-hydroxylation sites is 2. The summed E-state index contributed by atoms with van der Waals surface area (Å²) >= 11 is 0. The summed E-state index contributed by atoms with van der Waals surface area (Å²) < 4.78 is 18.6. The molecule has 2 N–H and O–H groups in total. The molecule has 168 valence electrons. The molecule has 2 aromatic heterocycles. The first-order chi connectivity index (χ1) is 16.2. The number of aromatic nitrogens is 3. The summed E-state index contributed by atoms with van der Waals surface area (Å²) in [5.41, 5.74) is 10.3. The van der Waals surface area contributed by atoms with Crippen molar-refractivity contribution in [3.05, 3.63) is 53.6 Å². The van der Waals surface area contributed by atoms with Crippen LogP contribution < -0.4 is 15.2 Å². The Morgan fingerprint density at radius 2 is 1.79 bits per heavy atom. The van der Waals surface area contributed by atoms with E-state index >= 15 is 0 Å². The lowest BCUT2D eigenvalue weighted by atomic mass is 9.98. The Hall–Kier alpha value is -3.81. The second kappa shape index (κ2) is 7.95. The summed E-state index contributed by atoms with van der Waals surface area (Å²) in [4.78, 5) is 22.9. The smallest absolute Gasteiger partial charge is 0.344 e. The monoisotopic (exact) mass is 444 g/mol. The molecule has 2 aliphatic rings. The van der Waals surface area contributed by atoms with Crippen molar-refractivity contribution in [2.45, 2.75) is 44.8 Å². The fraction of sp³-hybridized carbons (Fsp3) is 0.320. The highest BCUT2D eigenvalue weighted by molar-refractivity contribution is 6.08. The topological polar surface area (TPSA) is 101 Å². The van der Waals surface area contributed by atoms with E-state index in [2.05, 4.69) is 0 Å². The van der Waals surface area contributed by atoms with E-state index in [0.717, 1.165) is 36.8 Å². The Balaban J connectivity index is 1.45. The second-order valence-corrected chi connectivity index (χ2v) is 8.58. The molecule has 1 saturated carbocycles. The van der Waals surface area contributed by atoms with Crippen LogP contribution >= 0.6 is 0 Å². The molecule has 3 heterocycles. The Morgan fingerprint density at radius 3 is 2.61 bits per heavy atom. The van der Waals surface area contributed by atoms with Gasteiger partial charge >= 0.3 is 5.97 Å². The number of anilines is 1. The van der Waals surface area contributed by atoms with Gasteiger partial charge in [-0.25, -0.2) is 14.8 Å². The Bertz CT molecular complexity index is 1370. The Morgan fingerprint density at radius 1 is 1.03 bits per heavy atom. The van der Waals surface area contributed by atoms with Crippen molar-refractivity contribution in [3.63, 3.8) is 0 Å². The number of hydrogen-bond acceptors (Lipinski definition) is 7. The molecule has 1 aliphatic heterocycles. The third kappa shape index (κ3) is 3.51. The summed E-state index contributed by atoms with van der Waals surface area (Å²) in [6, 6.07) is 13.3. The van der Waals surface area contributed by atoms with Crippen molar-refractivity contribution in [1.82, 2.24) is 14.5 Å². The molecule has 0 amide bonds. The van der Waals surface area contributed by atoms with Crippen LogP contribution in [0.3, 0.4) is 0 Å². The van der Waals surface area contributed by atoms with E-state index in [-0.39, 0.29) is 18.5 Å². The number of benzene rings is 2. The first kappa shape index (κ1) is 19.8. The van der Waals surface area contributed by atoms with Gasteiger partial charge in [0.05, 0.1) is 17.6 Å². The first-order valence-electron chi connectivity index (χ1n) is 11.3. The summed E-state index contributed by atoms with van der Waals surface area (Å²) in [5, 5.41) is 0. The van der Waals surface area contributed by atoms with Gasteiger partial charge in [-0.15, -0.1) is 0 Å². The largest absolute Gasteiger partial charge is 0.459 e. The molecule has 33 heavy (non-hydrogen) atoms. The highest BCUT2D eigenvalue weighted by Crippen LogP contribution is 2.35. The van der Waals surface area contributed by atoms with Crippen molar-refractivity contribution in [1.29, 1.82) is 0 Å². The minimum Gasteiger partial charge on any atom is -0.459 e. The summed E-state index contributed by atoms with van der Waals surface area (Å²) in [6.45, 7) is 0.616. The molecule has 8 heteroatoms. The van der Waals surface area contributed by atoms with Crippen LogP contribution in [0.2, 0.25) is 0 Å². The Kier molecular flexibility index (Phi) is 4.78. The van der Waals surface area contributed by atoms with Gasteiger partial charge in [-0.1, -0.05) is 24.6 Å². The molecular formula is C25H24N4O4. The molecule has 0 spiro atoms. The average Bonchev–Trinajstić information content (AvgIpc) is 3.40. The number of carbonyl (C=O) groups excluding carboxylic acids is 1. The molecule has 2 aromatic carbocycles. The number of hydrogen-bond donors (Lipinski definition) is 1. The van der Waals surface area contributed by atoms with Crippen molar-refractivity contribution in [3.8, 4) is 11.5 Å². The van der Waals surface area contributed by atoms with Gasteiger partial charge in [0.15, 0.2) is 17.1 Å². The molecule has 0 bridgehead atoms. The lowest BCUT2D eigenvalue weighted by molar-refractivity contribution is 0.0214. The fourth-order valence-electron chi connectivity index (χ4n) is 4.69. The van der Waals surface area contributed by atoms with Crippen molar-refractivity contribution in [2.24, 2.45) is 0 Å². The molecule has 1 fully saturated rings. The average molecular weight is 444 g/mol. The maximum Gasteiger partial charge on any atom is 0.344 e. The predicted octanol–water partition coefficient (Wildman–Crippen LogP) is 4.43. The Labute approximate surface area is 190 Å². The van der Waals surface area contributed by atoms with E-state index in [1.54, 1.807) is 0 Å². The highest BCUT2D eigenvalue weighted by atomic mass is 16.7. The molecule has 8 nitrogen and oxygen atoms in total. The lowest BCUT2D eigenvalue weighted by Crippen LogP contribution is -2.21. The third-order valence-electron chi connectivity index (χ3n) is 6.40. The molecule has 0 atom stereocenters. The van der Waals surface area contributed by atoms with Gasteiger partial charge < -0.3 is 24.5 Å². The standard InChI is InChI=1S/C25H24N4O4/c26-23-21(25(30)33-16-6-2-1-3-7-16)22-24(28-18-9-5-4-8-17(18)27-22)29(23)13-15-10-11-19-20(12-15)32-14-31-19/h4-5,8-12,16H,1-3,6-7,13-14,26H2. The van der Waals surface area contributed by atoms with Crippen LogP contribution in [0.25, 0.3) is 22.2 Å². The maximum atomic E-state index is 13.3. The summed E-state index contributed by atoms with van der Waals surface area (Å²) in [7, 11) is 0. The number of ether oxygens (including phenoxy) is 3. The zero-order valence-corrected chi connectivity index (χ0v) is 18.1. The van der Waals surface area contributed by atoms with Crippen LogP contribution in [0, 0.1) is 0 Å². The number of rotatable bonds is 4. The van der Waals surface area contributed by atoms with Crippen molar-refractivity contribution >= 4 is 34.0 Å². The SMILES string of the molecule is Nc1c(C(=O)OC2CCCCC2)c2nc3ccccc3nc2n1Cc1ccc2c(c1)OCO2. The number of fused-ring (bicyclic) bond motifs is 3. The molecule has 0 radical (unpaired) electrons. The summed E-state index contributed by atoms with van der Waals surface area (Å²) in [6.07, 6.45) is 5.02. The minimum absolute atomic E-state index is 0.0775. The fourth-order valence-corrected chi connectivity index (χ4v) is 4.69. The summed E-state index contributed by atoms with van der Waals surface area (Å²) in [5.74, 6) is 1.28. The van der Waals surface area contributed by atoms with Gasteiger partial charge in [0, 0.05) is 0 Å². The molecule has 4 aromatic rings. The van der Waals surface area contributed by atoms with Crippen LogP contribution in [-0.2, 0) is 11.3 Å². The van der Waals surface area contributed by atoms with E-state index in [1.807, 2.05) is 47.0 Å². The molecular weight excluding hydrogens is 420 g/mol. The lowest BCUT2D eigenvalue weighted by Gasteiger charge is -2.21. The number of nitrogens with zero attached hydrogens (tertiary/aromatic N) is 3. The maximum absolute atomic E-state index is 13.3. The predicted molar refractivity (Wildman–Crippen MR) is 123 cm³/mol. The van der Waals surface area contributed by atoms with Crippen LogP contribution in [0.4, 0.5) is 5.82 Å².